The topological polar surface area (TPSA) is 137 Å². The Labute approximate surface area is 192 Å². The molecule has 10 nitrogen and oxygen atoms in total. The number of hydrogen-bond acceptors (Lipinski definition) is 7. The molecule has 180 valence electrons. The number of aromatic nitrogens is 2. The number of carbonyl (C=O) groups is 2. The van der Waals surface area contributed by atoms with E-state index in [1.54, 1.807) is 13.2 Å². The van der Waals surface area contributed by atoms with Gasteiger partial charge >= 0.3 is 11.7 Å². The van der Waals surface area contributed by atoms with E-state index in [2.05, 4.69) is 4.98 Å². The molecular formula is C23H32N4O6. The van der Waals surface area contributed by atoms with Crippen molar-refractivity contribution in [2.45, 2.75) is 52.5 Å². The van der Waals surface area contributed by atoms with Crippen molar-refractivity contribution < 1.29 is 19.1 Å². The fourth-order valence-electron chi connectivity index (χ4n) is 3.40. The van der Waals surface area contributed by atoms with Gasteiger partial charge in [0.1, 0.15) is 11.6 Å². The number of H-pyrrole nitrogens is 1. The second-order valence-electron chi connectivity index (χ2n) is 7.52. The number of nitrogens with two attached hydrogens (primary N) is 1. The summed E-state index contributed by atoms with van der Waals surface area (Å²) in [6, 6.07) is 7.33. The summed E-state index contributed by atoms with van der Waals surface area (Å²) in [5.41, 5.74) is 5.47. The molecular weight excluding hydrogens is 428 g/mol. The third-order valence-electron chi connectivity index (χ3n) is 5.12. The third-order valence-corrected chi connectivity index (χ3v) is 5.12. The van der Waals surface area contributed by atoms with Gasteiger partial charge in [-0.05, 0) is 30.9 Å². The van der Waals surface area contributed by atoms with E-state index >= 15 is 0 Å². The maximum absolute atomic E-state index is 12.9. The molecule has 1 aromatic carbocycles. The summed E-state index contributed by atoms with van der Waals surface area (Å²) in [4.78, 5) is 53.2. The number of aryl methyl sites for hydroxylation is 1. The zero-order chi connectivity index (χ0) is 24.4. The maximum Gasteiger partial charge on any atom is 0.330 e. The number of para-hydroxylation sites is 1. The first-order chi connectivity index (χ1) is 15.8. The Morgan fingerprint density at radius 2 is 1.88 bits per heavy atom. The normalized spacial score (nSPS) is 10.6. The number of aromatic amines is 1. The quantitative estimate of drug-likeness (QED) is 0.461. The minimum absolute atomic E-state index is 0.0622. The van der Waals surface area contributed by atoms with E-state index in [1.807, 2.05) is 32.0 Å². The molecule has 3 N–H and O–H groups in total. The van der Waals surface area contributed by atoms with Crippen molar-refractivity contribution in [1.82, 2.24) is 9.55 Å². The number of methoxy groups -OCH3 is 1. The highest BCUT2D eigenvalue weighted by Crippen LogP contribution is 2.20. The Bertz CT molecular complexity index is 1080. The molecule has 0 atom stereocenters. The summed E-state index contributed by atoms with van der Waals surface area (Å²) in [5, 5.41) is 0. The second-order valence-corrected chi connectivity index (χ2v) is 7.52. The first kappa shape index (κ1) is 25.7. The third kappa shape index (κ3) is 6.71. The Morgan fingerprint density at radius 3 is 2.55 bits per heavy atom. The van der Waals surface area contributed by atoms with E-state index in [9.17, 15) is 19.2 Å². The van der Waals surface area contributed by atoms with Crippen molar-refractivity contribution in [2.75, 3.05) is 30.9 Å². The predicted octanol–water partition coefficient (Wildman–Crippen LogP) is 1.85. The average Bonchev–Trinajstić information content (AvgIpc) is 2.80. The molecule has 0 bridgehead atoms. The zero-order valence-electron chi connectivity index (χ0n) is 19.4. The van der Waals surface area contributed by atoms with Gasteiger partial charge in [-0.25, -0.2) is 4.79 Å². The highest BCUT2D eigenvalue weighted by atomic mass is 16.5. The highest BCUT2D eigenvalue weighted by molar-refractivity contribution is 5.97. The minimum atomic E-state index is -0.753. The van der Waals surface area contributed by atoms with Gasteiger partial charge in [0.05, 0.1) is 7.11 Å². The van der Waals surface area contributed by atoms with E-state index in [4.69, 9.17) is 15.2 Å². The number of benzene rings is 1. The van der Waals surface area contributed by atoms with E-state index in [1.165, 1.54) is 9.47 Å². The number of esters is 1. The molecule has 0 aliphatic carbocycles. The Hall–Kier alpha value is -3.56. The number of carbonyl (C=O) groups excluding carboxylic acids is 2. The van der Waals surface area contributed by atoms with Crippen molar-refractivity contribution >= 4 is 23.4 Å². The van der Waals surface area contributed by atoms with Crippen LogP contribution in [0.4, 0.5) is 11.5 Å². The van der Waals surface area contributed by atoms with Gasteiger partial charge in [-0.15, -0.1) is 0 Å². The number of amides is 1. The summed E-state index contributed by atoms with van der Waals surface area (Å²) in [7, 11) is 1.55. The van der Waals surface area contributed by atoms with Gasteiger partial charge in [-0.2, -0.15) is 0 Å². The lowest BCUT2D eigenvalue weighted by molar-refractivity contribution is -0.147. The smallest absolute Gasteiger partial charge is 0.330 e. The predicted molar refractivity (Wildman–Crippen MR) is 126 cm³/mol. The Kier molecular flexibility index (Phi) is 9.71. The summed E-state index contributed by atoms with van der Waals surface area (Å²) < 4.78 is 11.7. The molecule has 0 aliphatic heterocycles. The fourth-order valence-corrected chi connectivity index (χ4v) is 3.40. The molecule has 2 aromatic rings. The standard InChI is InChI=1S/C23H32N4O6/c1-4-6-14-26(20-21(24)27(13-5-2)23(31)25-22(20)30)18(28)15-33-19(29)12-11-16-9-7-8-10-17(16)32-3/h7-10H,4-6,11-15,24H2,1-3H3,(H,25,30,31). The van der Waals surface area contributed by atoms with Crippen LogP contribution in [0.2, 0.25) is 0 Å². The van der Waals surface area contributed by atoms with E-state index in [-0.39, 0.29) is 24.5 Å². The highest BCUT2D eigenvalue weighted by Gasteiger charge is 2.24. The molecule has 0 aliphatic rings. The van der Waals surface area contributed by atoms with Crippen LogP contribution in [0.3, 0.4) is 0 Å². The van der Waals surface area contributed by atoms with Crippen LogP contribution >= 0.6 is 0 Å². The van der Waals surface area contributed by atoms with E-state index in [0.29, 0.717) is 31.6 Å². The Balaban J connectivity index is 2.13. The van der Waals surface area contributed by atoms with Gasteiger partial charge in [0.15, 0.2) is 12.3 Å². The van der Waals surface area contributed by atoms with Crippen LogP contribution in [-0.4, -0.2) is 41.7 Å². The van der Waals surface area contributed by atoms with Gasteiger partial charge < -0.3 is 20.1 Å². The Morgan fingerprint density at radius 1 is 1.15 bits per heavy atom. The largest absolute Gasteiger partial charge is 0.496 e. The lowest BCUT2D eigenvalue weighted by Gasteiger charge is -2.24. The van der Waals surface area contributed by atoms with Gasteiger partial charge in [-0.1, -0.05) is 38.5 Å². The van der Waals surface area contributed by atoms with Crippen molar-refractivity contribution in [3.63, 3.8) is 0 Å². The van der Waals surface area contributed by atoms with Crippen molar-refractivity contribution in [2.24, 2.45) is 0 Å². The van der Waals surface area contributed by atoms with E-state index < -0.39 is 29.7 Å². The molecule has 10 heteroatoms. The second kappa shape index (κ2) is 12.5. The van der Waals surface area contributed by atoms with E-state index in [0.717, 1.165) is 12.0 Å². The van der Waals surface area contributed by atoms with Gasteiger partial charge in [-0.3, -0.25) is 23.9 Å². The summed E-state index contributed by atoms with van der Waals surface area (Å²) >= 11 is 0. The lowest BCUT2D eigenvalue weighted by Crippen LogP contribution is -2.43. The van der Waals surface area contributed by atoms with Crippen LogP contribution in [0.25, 0.3) is 0 Å². The molecule has 1 amide bonds. The molecule has 0 saturated carbocycles. The number of nitrogens with one attached hydrogen (secondary N) is 1. The van der Waals surface area contributed by atoms with Gasteiger partial charge in [0.25, 0.3) is 11.5 Å². The number of unbranched alkanes of at least 4 members (excludes halogenated alkanes) is 1. The molecule has 0 saturated heterocycles. The van der Waals surface area contributed by atoms with Crippen LogP contribution in [0.5, 0.6) is 5.75 Å². The molecule has 2 rings (SSSR count). The number of nitrogen functional groups attached to an aromatic ring is 1. The summed E-state index contributed by atoms with van der Waals surface area (Å²) in [5.74, 6) is -0.558. The zero-order valence-corrected chi connectivity index (χ0v) is 19.4. The van der Waals surface area contributed by atoms with Crippen LogP contribution in [-0.2, 0) is 27.3 Å². The van der Waals surface area contributed by atoms with Gasteiger partial charge in [0, 0.05) is 19.5 Å². The first-order valence-corrected chi connectivity index (χ1v) is 11.0. The number of anilines is 2. The SMILES string of the molecule is CCCCN(C(=O)COC(=O)CCc1ccccc1OC)c1c(N)n(CCC)c(=O)[nH]c1=O. The number of rotatable bonds is 12. The monoisotopic (exact) mass is 460 g/mol. The summed E-state index contributed by atoms with van der Waals surface area (Å²) in [6.07, 6.45) is 2.42. The lowest BCUT2D eigenvalue weighted by atomic mass is 10.1. The molecule has 33 heavy (non-hydrogen) atoms. The van der Waals surface area contributed by atoms with Crippen LogP contribution in [0.1, 0.15) is 45.1 Å². The van der Waals surface area contributed by atoms with Crippen molar-refractivity contribution in [3.05, 3.63) is 50.7 Å². The molecule has 0 fully saturated rings. The number of hydrogen-bond donors (Lipinski definition) is 2. The molecule has 1 aromatic heterocycles. The molecule has 0 radical (unpaired) electrons. The number of nitrogens with zero attached hydrogens (tertiary/aromatic N) is 2. The van der Waals surface area contributed by atoms with Crippen LogP contribution in [0.15, 0.2) is 33.9 Å². The first-order valence-electron chi connectivity index (χ1n) is 11.0. The van der Waals surface area contributed by atoms with Crippen LogP contribution < -0.4 is 26.6 Å². The maximum atomic E-state index is 12.9. The fraction of sp³-hybridized carbons (Fsp3) is 0.478. The van der Waals surface area contributed by atoms with Crippen molar-refractivity contribution in [3.8, 4) is 5.75 Å². The molecule has 0 unspecified atom stereocenters. The minimum Gasteiger partial charge on any atom is -0.496 e. The van der Waals surface area contributed by atoms with Gasteiger partial charge in [0.2, 0.25) is 0 Å². The number of ether oxygens (including phenoxy) is 2. The van der Waals surface area contributed by atoms with Crippen molar-refractivity contribution in [1.29, 1.82) is 0 Å². The average molecular weight is 461 g/mol. The molecule has 0 spiro atoms. The van der Waals surface area contributed by atoms with Crippen LogP contribution in [0, 0.1) is 0 Å². The molecule has 1 heterocycles. The summed E-state index contributed by atoms with van der Waals surface area (Å²) in [6.45, 7) is 3.75.